The summed E-state index contributed by atoms with van der Waals surface area (Å²) in [5.41, 5.74) is 6.43. The molecule has 0 aromatic heterocycles. The van der Waals surface area contributed by atoms with E-state index in [0.29, 0.717) is 0 Å². The van der Waals surface area contributed by atoms with E-state index in [1.54, 1.807) is 0 Å². The number of hydrogen-bond donors (Lipinski definition) is 2. The van der Waals surface area contributed by atoms with Crippen molar-refractivity contribution >= 4 is 16.9 Å². The average molecular weight is 193 g/mol. The molecule has 2 nitrogen and oxygen atoms in total. The van der Waals surface area contributed by atoms with Gasteiger partial charge in [-0.15, -0.1) is 0 Å². The van der Waals surface area contributed by atoms with Crippen molar-refractivity contribution in [2.24, 2.45) is 5.73 Å². The van der Waals surface area contributed by atoms with Gasteiger partial charge in [-0.25, -0.2) is 0 Å². The van der Waals surface area contributed by atoms with Crippen LogP contribution >= 0.6 is 11.8 Å². The van der Waals surface area contributed by atoms with Gasteiger partial charge in [-0.1, -0.05) is 42.1 Å². The van der Waals surface area contributed by atoms with Crippen LogP contribution in [0.5, 0.6) is 0 Å². The SMILES string of the molecule is N=C(N)SCC[CH]c1ccccc1. The minimum atomic E-state index is 0.196. The summed E-state index contributed by atoms with van der Waals surface area (Å²) in [5.74, 6) is 0.879. The second-order valence-corrected chi connectivity index (χ2v) is 3.75. The lowest BCUT2D eigenvalue weighted by Gasteiger charge is -1.99. The molecule has 0 atom stereocenters. The molecule has 0 aliphatic heterocycles. The summed E-state index contributed by atoms with van der Waals surface area (Å²) in [6, 6.07) is 10.2. The third kappa shape index (κ3) is 4.58. The fraction of sp³-hybridized carbons (Fsp3) is 0.200. The van der Waals surface area contributed by atoms with E-state index < -0.39 is 0 Å². The van der Waals surface area contributed by atoms with Crippen LogP contribution in [0.1, 0.15) is 12.0 Å². The van der Waals surface area contributed by atoms with Gasteiger partial charge in [-0.2, -0.15) is 0 Å². The Morgan fingerprint density at radius 1 is 1.38 bits per heavy atom. The molecule has 0 saturated heterocycles. The molecule has 0 fully saturated rings. The highest BCUT2D eigenvalue weighted by atomic mass is 32.2. The molecular weight excluding hydrogens is 180 g/mol. The largest absolute Gasteiger partial charge is 0.379 e. The molecule has 0 saturated carbocycles. The zero-order valence-electron chi connectivity index (χ0n) is 7.36. The van der Waals surface area contributed by atoms with Crippen molar-refractivity contribution in [2.45, 2.75) is 6.42 Å². The average Bonchev–Trinajstić information content (AvgIpc) is 2.14. The summed E-state index contributed by atoms with van der Waals surface area (Å²) in [7, 11) is 0. The number of hydrogen-bond acceptors (Lipinski definition) is 2. The summed E-state index contributed by atoms with van der Waals surface area (Å²) in [4.78, 5) is 0. The third-order valence-corrected chi connectivity index (χ3v) is 2.31. The normalized spacial score (nSPS) is 9.85. The highest BCUT2D eigenvalue weighted by Gasteiger charge is 1.94. The Labute approximate surface area is 83.0 Å². The summed E-state index contributed by atoms with van der Waals surface area (Å²) >= 11 is 1.38. The van der Waals surface area contributed by atoms with Crippen LogP contribution in [0.4, 0.5) is 0 Å². The monoisotopic (exact) mass is 193 g/mol. The van der Waals surface area contributed by atoms with E-state index in [1.165, 1.54) is 17.3 Å². The van der Waals surface area contributed by atoms with Crippen molar-refractivity contribution in [3.63, 3.8) is 0 Å². The van der Waals surface area contributed by atoms with Gasteiger partial charge < -0.3 is 5.73 Å². The first kappa shape index (κ1) is 10.1. The summed E-state index contributed by atoms with van der Waals surface area (Å²) < 4.78 is 0. The minimum absolute atomic E-state index is 0.196. The zero-order valence-corrected chi connectivity index (χ0v) is 8.18. The number of amidine groups is 1. The molecule has 0 bridgehead atoms. The van der Waals surface area contributed by atoms with Gasteiger partial charge >= 0.3 is 0 Å². The van der Waals surface area contributed by atoms with Crippen molar-refractivity contribution in [1.29, 1.82) is 5.41 Å². The fourth-order valence-corrected chi connectivity index (χ4v) is 1.44. The Morgan fingerprint density at radius 2 is 2.08 bits per heavy atom. The van der Waals surface area contributed by atoms with Crippen molar-refractivity contribution < 1.29 is 0 Å². The maximum absolute atomic E-state index is 7.00. The number of nitrogens with one attached hydrogen (secondary N) is 1. The standard InChI is InChI=1S/C10H13N2S/c11-10(12)13-8-4-7-9-5-2-1-3-6-9/h1-3,5-7H,4,8H2,(H3,11,12). The topological polar surface area (TPSA) is 49.9 Å². The third-order valence-electron chi connectivity index (χ3n) is 1.56. The van der Waals surface area contributed by atoms with E-state index in [4.69, 9.17) is 11.1 Å². The van der Waals surface area contributed by atoms with Gasteiger partial charge in [0.15, 0.2) is 5.17 Å². The molecule has 1 aromatic rings. The van der Waals surface area contributed by atoms with Crippen LogP contribution in [0.25, 0.3) is 0 Å². The van der Waals surface area contributed by atoms with Gasteiger partial charge in [0.1, 0.15) is 0 Å². The highest BCUT2D eigenvalue weighted by Crippen LogP contribution is 2.08. The molecule has 0 aliphatic carbocycles. The van der Waals surface area contributed by atoms with Crippen LogP contribution < -0.4 is 5.73 Å². The Morgan fingerprint density at radius 3 is 2.69 bits per heavy atom. The number of thioether (sulfide) groups is 1. The smallest absolute Gasteiger partial charge is 0.151 e. The lowest BCUT2D eigenvalue weighted by Crippen LogP contribution is -2.04. The molecule has 13 heavy (non-hydrogen) atoms. The zero-order chi connectivity index (χ0) is 9.52. The molecule has 3 N–H and O–H groups in total. The molecular formula is C10H13N2S. The predicted molar refractivity (Wildman–Crippen MR) is 58.8 cm³/mol. The van der Waals surface area contributed by atoms with E-state index in [-0.39, 0.29) is 5.17 Å². The quantitative estimate of drug-likeness (QED) is 0.438. The van der Waals surface area contributed by atoms with Crippen molar-refractivity contribution in [1.82, 2.24) is 0 Å². The first-order valence-electron chi connectivity index (χ1n) is 4.14. The van der Waals surface area contributed by atoms with Crippen LogP contribution in [0, 0.1) is 11.8 Å². The molecule has 0 spiro atoms. The Bertz CT molecular complexity index is 259. The van der Waals surface area contributed by atoms with Crippen LogP contribution in [-0.4, -0.2) is 10.9 Å². The molecule has 0 unspecified atom stereocenters. The fourth-order valence-electron chi connectivity index (χ4n) is 0.984. The molecule has 0 aliphatic rings. The predicted octanol–water partition coefficient (Wildman–Crippen LogP) is 2.26. The minimum Gasteiger partial charge on any atom is -0.379 e. The Hall–Kier alpha value is -0.960. The van der Waals surface area contributed by atoms with Crippen LogP contribution in [0.2, 0.25) is 0 Å². The van der Waals surface area contributed by atoms with E-state index >= 15 is 0 Å². The maximum Gasteiger partial charge on any atom is 0.151 e. The molecule has 1 aromatic carbocycles. The van der Waals surface area contributed by atoms with Crippen LogP contribution in [0.15, 0.2) is 30.3 Å². The molecule has 1 rings (SSSR count). The van der Waals surface area contributed by atoms with Gasteiger partial charge in [0.25, 0.3) is 0 Å². The maximum atomic E-state index is 7.00. The summed E-state index contributed by atoms with van der Waals surface area (Å²) in [5, 5.41) is 7.20. The second kappa shape index (κ2) is 5.65. The van der Waals surface area contributed by atoms with Gasteiger partial charge in [-0.05, 0) is 18.4 Å². The van der Waals surface area contributed by atoms with Gasteiger partial charge in [0.2, 0.25) is 0 Å². The number of benzene rings is 1. The van der Waals surface area contributed by atoms with Crippen molar-refractivity contribution in [3.8, 4) is 0 Å². The molecule has 0 heterocycles. The van der Waals surface area contributed by atoms with Gasteiger partial charge in [-0.3, -0.25) is 5.41 Å². The Balaban J connectivity index is 2.17. The van der Waals surface area contributed by atoms with E-state index in [9.17, 15) is 0 Å². The first-order valence-corrected chi connectivity index (χ1v) is 5.12. The van der Waals surface area contributed by atoms with Crippen molar-refractivity contribution in [3.05, 3.63) is 42.3 Å². The lowest BCUT2D eigenvalue weighted by atomic mass is 10.1. The Kier molecular flexibility index (Phi) is 4.40. The van der Waals surface area contributed by atoms with E-state index in [2.05, 4.69) is 18.6 Å². The first-order chi connectivity index (χ1) is 6.29. The number of nitrogens with two attached hydrogens (primary N) is 1. The number of rotatable bonds is 4. The van der Waals surface area contributed by atoms with E-state index in [0.717, 1.165) is 12.2 Å². The lowest BCUT2D eigenvalue weighted by molar-refractivity contribution is 1.14. The van der Waals surface area contributed by atoms with E-state index in [1.807, 2.05) is 18.2 Å². The van der Waals surface area contributed by atoms with Crippen LogP contribution in [0.3, 0.4) is 0 Å². The summed E-state index contributed by atoms with van der Waals surface area (Å²) in [6.07, 6.45) is 3.10. The molecule has 1 radical (unpaired) electrons. The molecule has 69 valence electrons. The second-order valence-electron chi connectivity index (χ2n) is 2.62. The molecule has 0 amide bonds. The van der Waals surface area contributed by atoms with Crippen LogP contribution in [-0.2, 0) is 0 Å². The highest BCUT2D eigenvalue weighted by molar-refractivity contribution is 8.13. The summed E-state index contributed by atoms with van der Waals surface area (Å²) in [6.45, 7) is 0. The van der Waals surface area contributed by atoms with Gasteiger partial charge in [0.05, 0.1) is 0 Å². The molecule has 3 heteroatoms. The van der Waals surface area contributed by atoms with Gasteiger partial charge in [0, 0.05) is 5.75 Å². The van der Waals surface area contributed by atoms with Crippen molar-refractivity contribution in [2.75, 3.05) is 5.75 Å².